The molecule has 1 aliphatic heterocycles. The third-order valence-corrected chi connectivity index (χ3v) is 4.62. The summed E-state index contributed by atoms with van der Waals surface area (Å²) in [6.07, 6.45) is 8.56. The number of rotatable bonds is 5. The van der Waals surface area contributed by atoms with Crippen molar-refractivity contribution >= 4 is 12.0 Å². The van der Waals surface area contributed by atoms with Gasteiger partial charge in [-0.3, -0.25) is 4.79 Å². The Kier molecular flexibility index (Phi) is 5.42. The van der Waals surface area contributed by atoms with Gasteiger partial charge in [0.2, 0.25) is 11.8 Å². The van der Waals surface area contributed by atoms with Crippen molar-refractivity contribution in [3.63, 3.8) is 0 Å². The predicted octanol–water partition coefficient (Wildman–Crippen LogP) is 2.75. The summed E-state index contributed by atoms with van der Waals surface area (Å²) in [6, 6.07) is 15.3. The Morgan fingerprint density at radius 1 is 1.04 bits per heavy atom. The van der Waals surface area contributed by atoms with Crippen LogP contribution in [0.2, 0.25) is 0 Å². The van der Waals surface area contributed by atoms with E-state index in [2.05, 4.69) is 15.3 Å². The van der Waals surface area contributed by atoms with Gasteiger partial charge in [0, 0.05) is 50.5 Å². The maximum Gasteiger partial charge on any atom is 0.246 e. The fraction of sp³-hybridized carbons (Fsp3) is 0.238. The summed E-state index contributed by atoms with van der Waals surface area (Å²) in [5, 5.41) is 12.4. The van der Waals surface area contributed by atoms with E-state index in [-0.39, 0.29) is 12.0 Å². The molecule has 1 aromatic carbocycles. The normalized spacial score (nSPS) is 15.1. The highest BCUT2D eigenvalue weighted by molar-refractivity contribution is 5.91. The molecule has 0 radical (unpaired) electrons. The predicted molar refractivity (Wildman–Crippen MR) is 105 cm³/mol. The number of carbonyl (C=O) groups is 1. The van der Waals surface area contributed by atoms with E-state index in [1.807, 2.05) is 59.6 Å². The topological polar surface area (TPSA) is 73.1 Å². The zero-order chi connectivity index (χ0) is 19.2. The summed E-state index contributed by atoms with van der Waals surface area (Å²) in [7, 11) is 0. The molecule has 1 amide bonds. The smallest absolute Gasteiger partial charge is 0.246 e. The second-order valence-corrected chi connectivity index (χ2v) is 6.57. The van der Waals surface area contributed by atoms with Crippen molar-refractivity contribution in [2.24, 2.45) is 0 Å². The van der Waals surface area contributed by atoms with E-state index >= 15 is 0 Å². The highest BCUT2D eigenvalue weighted by Gasteiger charge is 2.23. The van der Waals surface area contributed by atoms with Crippen molar-refractivity contribution in [2.75, 3.05) is 13.1 Å². The first kappa shape index (κ1) is 17.9. The molecule has 1 aliphatic rings. The highest BCUT2D eigenvalue weighted by Crippen LogP contribution is 2.18. The summed E-state index contributed by atoms with van der Waals surface area (Å²) < 4.78 is 7.57. The Balaban J connectivity index is 1.27. The average Bonchev–Trinajstić information content (AvgIpc) is 3.29. The number of aromatic nitrogens is 4. The van der Waals surface area contributed by atoms with E-state index in [0.29, 0.717) is 24.8 Å². The molecular weight excluding hydrogens is 354 g/mol. The molecule has 4 rings (SSSR count). The fourth-order valence-corrected chi connectivity index (χ4v) is 3.10. The van der Waals surface area contributed by atoms with Crippen LogP contribution in [0.25, 0.3) is 11.9 Å². The lowest BCUT2D eigenvalue weighted by Gasteiger charge is -2.31. The lowest BCUT2D eigenvalue weighted by Crippen LogP contribution is -2.41. The monoisotopic (exact) mass is 375 g/mol. The SMILES string of the molecule is O=C(/C=C/c1ccccc1)N1CCC(Oc2ccc(-n3cccn3)nn2)CC1. The Morgan fingerprint density at radius 2 is 1.86 bits per heavy atom. The maximum atomic E-state index is 12.4. The summed E-state index contributed by atoms with van der Waals surface area (Å²) in [6.45, 7) is 1.34. The zero-order valence-corrected chi connectivity index (χ0v) is 15.4. The zero-order valence-electron chi connectivity index (χ0n) is 15.4. The summed E-state index contributed by atoms with van der Waals surface area (Å²) in [4.78, 5) is 14.2. The second-order valence-electron chi connectivity index (χ2n) is 6.57. The lowest BCUT2D eigenvalue weighted by molar-refractivity contribution is -0.127. The third kappa shape index (κ3) is 4.43. The Bertz CT molecular complexity index is 915. The Hall–Kier alpha value is -3.48. The largest absolute Gasteiger partial charge is 0.473 e. The van der Waals surface area contributed by atoms with Crippen molar-refractivity contribution in [3.8, 4) is 11.7 Å². The minimum Gasteiger partial charge on any atom is -0.473 e. The van der Waals surface area contributed by atoms with E-state index in [9.17, 15) is 4.79 Å². The number of likely N-dealkylation sites (tertiary alicyclic amines) is 1. The first-order chi connectivity index (χ1) is 13.8. The molecule has 28 heavy (non-hydrogen) atoms. The van der Waals surface area contributed by atoms with Gasteiger partial charge < -0.3 is 9.64 Å². The van der Waals surface area contributed by atoms with Crippen LogP contribution in [0.1, 0.15) is 18.4 Å². The first-order valence-corrected chi connectivity index (χ1v) is 9.30. The molecule has 1 saturated heterocycles. The molecule has 7 heteroatoms. The van der Waals surface area contributed by atoms with Crippen LogP contribution >= 0.6 is 0 Å². The minimum atomic E-state index is 0.0330. The molecule has 0 atom stereocenters. The van der Waals surface area contributed by atoms with Crippen molar-refractivity contribution in [3.05, 3.63) is 72.6 Å². The van der Waals surface area contributed by atoms with Gasteiger partial charge in [0.25, 0.3) is 0 Å². The van der Waals surface area contributed by atoms with Crippen LogP contribution in [-0.2, 0) is 4.79 Å². The average molecular weight is 375 g/mol. The van der Waals surface area contributed by atoms with Crippen LogP contribution in [0.4, 0.5) is 0 Å². The van der Waals surface area contributed by atoms with Crippen LogP contribution < -0.4 is 4.74 Å². The fourth-order valence-electron chi connectivity index (χ4n) is 3.10. The van der Waals surface area contributed by atoms with Crippen LogP contribution in [0.5, 0.6) is 5.88 Å². The van der Waals surface area contributed by atoms with Gasteiger partial charge in [-0.25, -0.2) is 4.68 Å². The molecule has 0 unspecified atom stereocenters. The molecule has 7 nitrogen and oxygen atoms in total. The minimum absolute atomic E-state index is 0.0330. The molecular formula is C21H21N5O2. The van der Waals surface area contributed by atoms with Gasteiger partial charge in [0.05, 0.1) is 0 Å². The lowest BCUT2D eigenvalue weighted by atomic mass is 10.1. The second kappa shape index (κ2) is 8.47. The van der Waals surface area contributed by atoms with Gasteiger partial charge in [0.1, 0.15) is 6.10 Å². The molecule has 3 heterocycles. The maximum absolute atomic E-state index is 12.4. The van der Waals surface area contributed by atoms with Gasteiger partial charge in [-0.1, -0.05) is 30.3 Å². The number of nitrogens with zero attached hydrogens (tertiary/aromatic N) is 5. The summed E-state index contributed by atoms with van der Waals surface area (Å²) in [5.41, 5.74) is 1.02. The van der Waals surface area contributed by atoms with Crippen molar-refractivity contribution < 1.29 is 9.53 Å². The number of piperidine rings is 1. The van der Waals surface area contributed by atoms with E-state index in [1.54, 1.807) is 23.0 Å². The Morgan fingerprint density at radius 3 is 2.54 bits per heavy atom. The number of ether oxygens (including phenoxy) is 1. The van der Waals surface area contributed by atoms with Gasteiger partial charge in [-0.05, 0) is 23.8 Å². The van der Waals surface area contributed by atoms with Crippen LogP contribution in [0.15, 0.2) is 67.0 Å². The molecule has 0 aliphatic carbocycles. The van der Waals surface area contributed by atoms with Crippen molar-refractivity contribution in [2.45, 2.75) is 18.9 Å². The molecule has 3 aromatic rings. The summed E-state index contributed by atoms with van der Waals surface area (Å²) in [5.74, 6) is 1.17. The van der Waals surface area contributed by atoms with Crippen LogP contribution in [0, 0.1) is 0 Å². The van der Waals surface area contributed by atoms with E-state index < -0.39 is 0 Å². The number of carbonyl (C=O) groups excluding carboxylic acids is 1. The molecule has 142 valence electrons. The van der Waals surface area contributed by atoms with Crippen molar-refractivity contribution in [1.29, 1.82) is 0 Å². The molecule has 1 fully saturated rings. The molecule has 0 N–H and O–H groups in total. The first-order valence-electron chi connectivity index (χ1n) is 9.30. The van der Waals surface area contributed by atoms with E-state index in [0.717, 1.165) is 18.4 Å². The van der Waals surface area contributed by atoms with Gasteiger partial charge >= 0.3 is 0 Å². The highest BCUT2D eigenvalue weighted by atomic mass is 16.5. The van der Waals surface area contributed by atoms with E-state index in [4.69, 9.17) is 4.74 Å². The molecule has 2 aromatic heterocycles. The summed E-state index contributed by atoms with van der Waals surface area (Å²) >= 11 is 0. The van der Waals surface area contributed by atoms with Gasteiger partial charge in [-0.15, -0.1) is 10.2 Å². The molecule has 0 saturated carbocycles. The molecule has 0 spiro atoms. The number of hydrogen-bond donors (Lipinski definition) is 0. The Labute approximate surface area is 163 Å². The quantitative estimate of drug-likeness (QED) is 0.641. The number of benzene rings is 1. The van der Waals surface area contributed by atoms with E-state index in [1.165, 1.54) is 0 Å². The third-order valence-electron chi connectivity index (χ3n) is 4.62. The molecule has 0 bridgehead atoms. The van der Waals surface area contributed by atoms with Crippen LogP contribution in [0.3, 0.4) is 0 Å². The van der Waals surface area contributed by atoms with Crippen molar-refractivity contribution in [1.82, 2.24) is 24.9 Å². The number of hydrogen-bond acceptors (Lipinski definition) is 5. The number of amides is 1. The van der Waals surface area contributed by atoms with Gasteiger partial charge in [0.15, 0.2) is 5.82 Å². The van der Waals surface area contributed by atoms with Crippen LogP contribution in [-0.4, -0.2) is 50.0 Å². The standard InChI is InChI=1S/C21H21N5O2/c27-21(10-7-17-5-2-1-3-6-17)25-15-11-18(12-16-25)28-20-9-8-19(23-24-20)26-14-4-13-22-26/h1-10,13-14,18H,11-12,15-16H2/b10-7+. The van der Waals surface area contributed by atoms with Gasteiger partial charge in [-0.2, -0.15) is 5.10 Å².